The Morgan fingerprint density at radius 3 is 3.00 bits per heavy atom. The Bertz CT molecular complexity index is 448. The molecule has 2 aromatic heterocycles. The second kappa shape index (κ2) is 3.40. The van der Waals surface area contributed by atoms with Crippen molar-refractivity contribution in [3.8, 4) is 0 Å². The molecule has 3 N–H and O–H groups in total. The first-order valence-electron chi connectivity index (χ1n) is 4.45. The summed E-state index contributed by atoms with van der Waals surface area (Å²) in [7, 11) is 0. The minimum Gasteiger partial charge on any atom is -0.440 e. The first-order valence-corrected chi connectivity index (χ1v) is 4.45. The van der Waals surface area contributed by atoms with E-state index in [9.17, 15) is 0 Å². The molecule has 0 saturated heterocycles. The fourth-order valence-corrected chi connectivity index (χ4v) is 1.33. The Morgan fingerprint density at radius 2 is 2.36 bits per heavy atom. The van der Waals surface area contributed by atoms with Crippen molar-refractivity contribution in [2.75, 3.05) is 0 Å². The highest BCUT2D eigenvalue weighted by atomic mass is 16.4. The molecule has 14 heavy (non-hydrogen) atoms. The number of fused-ring (bicyclic) bond motifs is 1. The fraction of sp³-hybridized carbons (Fsp3) is 0.300. The van der Waals surface area contributed by atoms with Gasteiger partial charge in [-0.3, -0.25) is 0 Å². The van der Waals surface area contributed by atoms with Crippen molar-refractivity contribution in [1.82, 2.24) is 4.98 Å². The summed E-state index contributed by atoms with van der Waals surface area (Å²) in [4.78, 5) is 4.11. The summed E-state index contributed by atoms with van der Waals surface area (Å²) in [6.07, 6.45) is 1.69. The number of nitrogens with two attached hydrogens (primary N) is 1. The highest BCUT2D eigenvalue weighted by Gasteiger charge is 2.06. The van der Waals surface area contributed by atoms with Crippen molar-refractivity contribution in [1.29, 1.82) is 0 Å². The minimum atomic E-state index is -0.107. The Labute approximate surface area is 81.4 Å². The van der Waals surface area contributed by atoms with Crippen LogP contribution in [-0.2, 0) is 6.61 Å². The van der Waals surface area contributed by atoms with Gasteiger partial charge >= 0.3 is 0 Å². The van der Waals surface area contributed by atoms with Crippen LogP contribution in [0.4, 0.5) is 0 Å². The van der Waals surface area contributed by atoms with E-state index in [-0.39, 0.29) is 12.6 Å². The van der Waals surface area contributed by atoms with Gasteiger partial charge in [-0.05, 0) is 24.6 Å². The van der Waals surface area contributed by atoms with Gasteiger partial charge in [0.1, 0.15) is 12.4 Å². The molecule has 0 fully saturated rings. The molecule has 4 heteroatoms. The van der Waals surface area contributed by atoms with E-state index in [1.54, 1.807) is 12.3 Å². The van der Waals surface area contributed by atoms with Crippen LogP contribution < -0.4 is 5.73 Å². The van der Waals surface area contributed by atoms with E-state index < -0.39 is 0 Å². The quantitative estimate of drug-likeness (QED) is 0.753. The molecule has 4 nitrogen and oxygen atoms in total. The second-order valence-electron chi connectivity index (χ2n) is 3.32. The summed E-state index contributed by atoms with van der Waals surface area (Å²) in [5.41, 5.74) is 7.23. The first kappa shape index (κ1) is 9.18. The van der Waals surface area contributed by atoms with E-state index in [0.29, 0.717) is 11.5 Å². The van der Waals surface area contributed by atoms with Gasteiger partial charge in [0, 0.05) is 17.6 Å². The van der Waals surface area contributed by atoms with Crippen molar-refractivity contribution >= 4 is 11.1 Å². The molecule has 74 valence electrons. The van der Waals surface area contributed by atoms with E-state index in [4.69, 9.17) is 15.3 Å². The SMILES string of the molecule is CC(N)c1cnc2oc(CO)cc2c1. The van der Waals surface area contributed by atoms with Gasteiger partial charge in [-0.2, -0.15) is 0 Å². The second-order valence-corrected chi connectivity index (χ2v) is 3.32. The number of rotatable bonds is 2. The lowest BCUT2D eigenvalue weighted by molar-refractivity contribution is 0.250. The predicted molar refractivity (Wildman–Crippen MR) is 52.5 cm³/mol. The first-order chi connectivity index (χ1) is 6.70. The zero-order valence-corrected chi connectivity index (χ0v) is 7.90. The van der Waals surface area contributed by atoms with Crippen LogP contribution in [0.2, 0.25) is 0 Å². The fourth-order valence-electron chi connectivity index (χ4n) is 1.33. The number of nitrogens with zero attached hydrogens (tertiary/aromatic N) is 1. The summed E-state index contributed by atoms with van der Waals surface area (Å²) in [5.74, 6) is 0.523. The van der Waals surface area contributed by atoms with Crippen molar-refractivity contribution in [2.24, 2.45) is 5.73 Å². The maximum atomic E-state index is 8.87. The molecule has 0 aliphatic rings. The summed E-state index contributed by atoms with van der Waals surface area (Å²) in [6, 6.07) is 3.66. The van der Waals surface area contributed by atoms with Crippen LogP contribution in [0.1, 0.15) is 24.3 Å². The van der Waals surface area contributed by atoms with Crippen LogP contribution in [0.3, 0.4) is 0 Å². The highest BCUT2D eigenvalue weighted by molar-refractivity contribution is 5.74. The average molecular weight is 192 g/mol. The van der Waals surface area contributed by atoms with Gasteiger partial charge in [0.05, 0.1) is 0 Å². The van der Waals surface area contributed by atoms with Crippen LogP contribution in [0.15, 0.2) is 22.7 Å². The minimum absolute atomic E-state index is 0.0422. The van der Waals surface area contributed by atoms with Gasteiger partial charge < -0.3 is 15.3 Å². The lowest BCUT2D eigenvalue weighted by Crippen LogP contribution is -2.04. The van der Waals surface area contributed by atoms with Crippen molar-refractivity contribution in [3.63, 3.8) is 0 Å². The zero-order chi connectivity index (χ0) is 10.1. The molecular formula is C10H12N2O2. The molecule has 0 aliphatic heterocycles. The normalized spacial score (nSPS) is 13.4. The van der Waals surface area contributed by atoms with Crippen LogP contribution in [0, 0.1) is 0 Å². The number of hydrogen-bond acceptors (Lipinski definition) is 4. The van der Waals surface area contributed by atoms with Crippen LogP contribution in [0.5, 0.6) is 0 Å². The van der Waals surface area contributed by atoms with Gasteiger partial charge in [-0.25, -0.2) is 4.98 Å². The van der Waals surface area contributed by atoms with Crippen molar-refractivity contribution in [3.05, 3.63) is 29.7 Å². The standard InChI is InChI=1S/C10H12N2O2/c1-6(11)8-2-7-3-9(5-13)14-10(7)12-4-8/h2-4,6,13H,5,11H2,1H3. The number of aliphatic hydroxyl groups excluding tert-OH is 1. The summed E-state index contributed by atoms with van der Waals surface area (Å²) in [6.45, 7) is 1.79. The molecule has 2 heterocycles. The van der Waals surface area contributed by atoms with Crippen LogP contribution >= 0.6 is 0 Å². The van der Waals surface area contributed by atoms with E-state index in [2.05, 4.69) is 4.98 Å². The molecular weight excluding hydrogens is 180 g/mol. The molecule has 0 bridgehead atoms. The number of pyridine rings is 1. The molecule has 1 unspecified atom stereocenters. The summed E-state index contributed by atoms with van der Waals surface area (Å²) < 4.78 is 5.25. The molecule has 0 spiro atoms. The van der Waals surface area contributed by atoms with Gasteiger partial charge in [-0.1, -0.05) is 0 Å². The number of aromatic nitrogens is 1. The maximum absolute atomic E-state index is 8.87. The average Bonchev–Trinajstić information content (AvgIpc) is 2.58. The lowest BCUT2D eigenvalue weighted by Gasteiger charge is -2.02. The molecule has 0 radical (unpaired) electrons. The molecule has 2 aromatic rings. The predicted octanol–water partition coefficient (Wildman–Crippen LogP) is 1.34. The summed E-state index contributed by atoms with van der Waals surface area (Å²) in [5, 5.41) is 9.75. The molecule has 0 amide bonds. The smallest absolute Gasteiger partial charge is 0.226 e. The largest absolute Gasteiger partial charge is 0.440 e. The third kappa shape index (κ3) is 1.49. The topological polar surface area (TPSA) is 72.3 Å². The lowest BCUT2D eigenvalue weighted by atomic mass is 10.1. The Morgan fingerprint density at radius 1 is 1.57 bits per heavy atom. The third-order valence-corrected chi connectivity index (χ3v) is 2.13. The Balaban J connectivity index is 2.54. The Hall–Kier alpha value is -1.39. The molecule has 0 aromatic carbocycles. The molecule has 0 aliphatic carbocycles. The van der Waals surface area contributed by atoms with Gasteiger partial charge in [0.2, 0.25) is 5.71 Å². The summed E-state index contributed by atoms with van der Waals surface area (Å²) >= 11 is 0. The van der Waals surface area contributed by atoms with Gasteiger partial charge in [0.25, 0.3) is 0 Å². The molecule has 1 atom stereocenters. The number of furan rings is 1. The van der Waals surface area contributed by atoms with Crippen LogP contribution in [0.25, 0.3) is 11.1 Å². The van der Waals surface area contributed by atoms with Crippen molar-refractivity contribution in [2.45, 2.75) is 19.6 Å². The number of aliphatic hydroxyl groups is 1. The van der Waals surface area contributed by atoms with Gasteiger partial charge in [-0.15, -0.1) is 0 Å². The van der Waals surface area contributed by atoms with E-state index in [1.165, 1.54) is 0 Å². The monoisotopic (exact) mass is 192 g/mol. The molecule has 2 rings (SSSR count). The maximum Gasteiger partial charge on any atom is 0.226 e. The molecule has 0 saturated carbocycles. The number of hydrogen-bond donors (Lipinski definition) is 2. The van der Waals surface area contributed by atoms with Crippen LogP contribution in [-0.4, -0.2) is 10.1 Å². The van der Waals surface area contributed by atoms with E-state index in [0.717, 1.165) is 10.9 Å². The van der Waals surface area contributed by atoms with Gasteiger partial charge in [0.15, 0.2) is 0 Å². The zero-order valence-electron chi connectivity index (χ0n) is 7.90. The Kier molecular flexibility index (Phi) is 2.23. The van der Waals surface area contributed by atoms with E-state index >= 15 is 0 Å². The third-order valence-electron chi connectivity index (χ3n) is 2.13. The van der Waals surface area contributed by atoms with Crippen molar-refractivity contribution < 1.29 is 9.52 Å². The van der Waals surface area contributed by atoms with E-state index in [1.807, 2.05) is 13.0 Å². The highest BCUT2D eigenvalue weighted by Crippen LogP contribution is 2.20.